The van der Waals surface area contributed by atoms with Gasteiger partial charge in [-0.25, -0.2) is 9.97 Å². The number of nitrogens with one attached hydrogen (secondary N) is 2. The van der Waals surface area contributed by atoms with E-state index in [0.29, 0.717) is 5.82 Å². The van der Waals surface area contributed by atoms with Crippen LogP contribution in [0.2, 0.25) is 0 Å². The van der Waals surface area contributed by atoms with E-state index < -0.39 is 12.0 Å². The lowest BCUT2D eigenvalue weighted by molar-refractivity contribution is -0.125. The summed E-state index contributed by atoms with van der Waals surface area (Å²) < 4.78 is 0. The molecule has 1 aromatic heterocycles. The molecule has 1 unspecified atom stereocenters. The van der Waals surface area contributed by atoms with Crippen molar-refractivity contribution in [2.75, 3.05) is 23.7 Å². The SMILES string of the molecule is CCCc1nc(NCC)cc(NCC(O)C(N)=O)n1. The second-order valence-corrected chi connectivity index (χ2v) is 4.13. The molecule has 0 aliphatic rings. The fraction of sp³-hybridized carbons (Fsp3) is 0.583. The Morgan fingerprint density at radius 2 is 2.00 bits per heavy atom. The fourth-order valence-corrected chi connectivity index (χ4v) is 1.50. The van der Waals surface area contributed by atoms with E-state index in [0.717, 1.165) is 31.0 Å². The number of rotatable bonds is 8. The molecule has 1 heterocycles. The average molecular weight is 267 g/mol. The molecule has 1 amide bonds. The first-order valence-corrected chi connectivity index (χ1v) is 6.39. The molecule has 0 aliphatic heterocycles. The Morgan fingerprint density at radius 1 is 1.37 bits per heavy atom. The molecule has 0 bridgehead atoms. The zero-order chi connectivity index (χ0) is 14.3. The van der Waals surface area contributed by atoms with Crippen molar-refractivity contribution in [3.63, 3.8) is 0 Å². The smallest absolute Gasteiger partial charge is 0.248 e. The molecule has 0 radical (unpaired) electrons. The predicted molar refractivity (Wildman–Crippen MR) is 73.9 cm³/mol. The normalized spacial score (nSPS) is 11.9. The summed E-state index contributed by atoms with van der Waals surface area (Å²) in [7, 11) is 0. The molecule has 7 nitrogen and oxygen atoms in total. The van der Waals surface area contributed by atoms with Gasteiger partial charge in [0.15, 0.2) is 0 Å². The molecule has 19 heavy (non-hydrogen) atoms. The molecule has 1 aromatic rings. The van der Waals surface area contributed by atoms with Gasteiger partial charge in [0.05, 0.1) is 6.54 Å². The summed E-state index contributed by atoms with van der Waals surface area (Å²) in [5, 5.41) is 15.3. The Labute approximate surface area is 112 Å². The van der Waals surface area contributed by atoms with Crippen LogP contribution in [0.3, 0.4) is 0 Å². The molecule has 0 saturated heterocycles. The lowest BCUT2D eigenvalue weighted by Gasteiger charge is -2.12. The van der Waals surface area contributed by atoms with Crippen molar-refractivity contribution in [2.45, 2.75) is 32.8 Å². The van der Waals surface area contributed by atoms with E-state index in [9.17, 15) is 9.90 Å². The number of amides is 1. The minimum absolute atomic E-state index is 0.0312. The van der Waals surface area contributed by atoms with Crippen LogP contribution in [0.5, 0.6) is 0 Å². The molecular weight excluding hydrogens is 246 g/mol. The third-order valence-corrected chi connectivity index (χ3v) is 2.41. The number of aryl methyl sites for hydroxylation is 1. The number of carbonyl (C=O) groups is 1. The van der Waals surface area contributed by atoms with Crippen LogP contribution in [0.4, 0.5) is 11.6 Å². The summed E-state index contributed by atoms with van der Waals surface area (Å²) >= 11 is 0. The van der Waals surface area contributed by atoms with Crippen molar-refractivity contribution >= 4 is 17.5 Å². The Morgan fingerprint density at radius 3 is 2.53 bits per heavy atom. The van der Waals surface area contributed by atoms with Crippen molar-refractivity contribution in [3.05, 3.63) is 11.9 Å². The number of primary amides is 1. The van der Waals surface area contributed by atoms with Crippen LogP contribution in [-0.4, -0.2) is 40.2 Å². The maximum Gasteiger partial charge on any atom is 0.248 e. The van der Waals surface area contributed by atoms with Crippen LogP contribution >= 0.6 is 0 Å². The molecule has 106 valence electrons. The number of carbonyl (C=O) groups excluding carboxylic acids is 1. The predicted octanol–water partition coefficient (Wildman–Crippen LogP) is 0.119. The van der Waals surface area contributed by atoms with Gasteiger partial charge in [0.1, 0.15) is 23.6 Å². The zero-order valence-electron chi connectivity index (χ0n) is 11.3. The highest BCUT2D eigenvalue weighted by atomic mass is 16.3. The number of aliphatic hydroxyl groups is 1. The van der Waals surface area contributed by atoms with E-state index in [4.69, 9.17) is 5.73 Å². The van der Waals surface area contributed by atoms with Crippen LogP contribution in [-0.2, 0) is 11.2 Å². The highest BCUT2D eigenvalue weighted by molar-refractivity contribution is 5.79. The summed E-state index contributed by atoms with van der Waals surface area (Å²) in [5.74, 6) is 1.24. The van der Waals surface area contributed by atoms with E-state index in [1.807, 2.05) is 13.8 Å². The van der Waals surface area contributed by atoms with Gasteiger partial charge in [-0.3, -0.25) is 4.79 Å². The van der Waals surface area contributed by atoms with Crippen LogP contribution < -0.4 is 16.4 Å². The van der Waals surface area contributed by atoms with Crippen LogP contribution in [0.15, 0.2) is 6.07 Å². The lowest BCUT2D eigenvalue weighted by atomic mass is 10.3. The Bertz CT molecular complexity index is 400. The molecule has 1 rings (SSSR count). The molecule has 0 spiro atoms. The second kappa shape index (κ2) is 7.52. The second-order valence-electron chi connectivity index (χ2n) is 4.13. The third-order valence-electron chi connectivity index (χ3n) is 2.41. The summed E-state index contributed by atoms with van der Waals surface area (Å²) in [5.41, 5.74) is 4.98. The van der Waals surface area contributed by atoms with E-state index >= 15 is 0 Å². The van der Waals surface area contributed by atoms with E-state index in [1.54, 1.807) is 6.07 Å². The van der Waals surface area contributed by atoms with Gasteiger partial charge in [0.2, 0.25) is 5.91 Å². The highest BCUT2D eigenvalue weighted by Crippen LogP contribution is 2.12. The van der Waals surface area contributed by atoms with Crippen molar-refractivity contribution in [1.29, 1.82) is 0 Å². The van der Waals surface area contributed by atoms with Crippen molar-refractivity contribution < 1.29 is 9.90 Å². The van der Waals surface area contributed by atoms with Gasteiger partial charge in [-0.2, -0.15) is 0 Å². The third kappa shape index (κ3) is 5.09. The Balaban J connectivity index is 2.77. The number of aromatic nitrogens is 2. The summed E-state index contributed by atoms with van der Waals surface area (Å²) in [6.07, 6.45) is 0.484. The van der Waals surface area contributed by atoms with E-state index in [1.165, 1.54) is 0 Å². The zero-order valence-corrected chi connectivity index (χ0v) is 11.3. The van der Waals surface area contributed by atoms with Crippen LogP contribution in [0.25, 0.3) is 0 Å². The molecular formula is C12H21N5O2. The monoisotopic (exact) mass is 267 g/mol. The van der Waals surface area contributed by atoms with Crippen molar-refractivity contribution in [3.8, 4) is 0 Å². The molecule has 0 saturated carbocycles. The first-order chi connectivity index (χ1) is 9.06. The van der Waals surface area contributed by atoms with Gasteiger partial charge in [0.25, 0.3) is 0 Å². The van der Waals surface area contributed by atoms with Gasteiger partial charge < -0.3 is 21.5 Å². The van der Waals surface area contributed by atoms with Crippen LogP contribution in [0, 0.1) is 0 Å². The number of nitrogens with zero attached hydrogens (tertiary/aromatic N) is 2. The maximum atomic E-state index is 10.7. The van der Waals surface area contributed by atoms with Crippen molar-refractivity contribution in [2.24, 2.45) is 5.73 Å². The lowest BCUT2D eigenvalue weighted by Crippen LogP contribution is -2.34. The molecule has 5 N–H and O–H groups in total. The molecule has 0 aliphatic carbocycles. The number of hydrogen-bond acceptors (Lipinski definition) is 6. The Kier molecular flexibility index (Phi) is 6.01. The summed E-state index contributed by atoms with van der Waals surface area (Å²) in [6.45, 7) is 4.81. The van der Waals surface area contributed by atoms with Gasteiger partial charge in [0, 0.05) is 19.0 Å². The fourth-order valence-electron chi connectivity index (χ4n) is 1.50. The van der Waals surface area contributed by atoms with E-state index in [2.05, 4.69) is 20.6 Å². The number of aliphatic hydroxyl groups excluding tert-OH is 1. The van der Waals surface area contributed by atoms with Gasteiger partial charge in [-0.1, -0.05) is 6.92 Å². The quantitative estimate of drug-likeness (QED) is 0.532. The van der Waals surface area contributed by atoms with Crippen molar-refractivity contribution in [1.82, 2.24) is 9.97 Å². The summed E-state index contributed by atoms with van der Waals surface area (Å²) in [6, 6.07) is 1.73. The maximum absolute atomic E-state index is 10.7. The number of hydrogen-bond donors (Lipinski definition) is 4. The molecule has 0 fully saturated rings. The largest absolute Gasteiger partial charge is 0.381 e. The minimum atomic E-state index is -1.23. The summed E-state index contributed by atoms with van der Waals surface area (Å²) in [4.78, 5) is 19.4. The minimum Gasteiger partial charge on any atom is -0.381 e. The molecule has 7 heteroatoms. The molecule has 0 aromatic carbocycles. The molecule has 1 atom stereocenters. The van der Waals surface area contributed by atoms with Crippen LogP contribution in [0.1, 0.15) is 26.1 Å². The van der Waals surface area contributed by atoms with E-state index in [-0.39, 0.29) is 6.54 Å². The number of nitrogens with two attached hydrogens (primary N) is 1. The number of anilines is 2. The van der Waals surface area contributed by atoms with Gasteiger partial charge >= 0.3 is 0 Å². The highest BCUT2D eigenvalue weighted by Gasteiger charge is 2.11. The standard InChI is InChI=1S/C12H21N5O2/c1-3-5-9-16-10(14-4-2)6-11(17-9)15-7-8(18)12(13)19/h6,8,18H,3-5,7H2,1-2H3,(H2,13,19)(H2,14,15,16,17). The first kappa shape index (κ1) is 15.2. The van der Waals surface area contributed by atoms with Gasteiger partial charge in [-0.15, -0.1) is 0 Å². The first-order valence-electron chi connectivity index (χ1n) is 6.39. The average Bonchev–Trinajstić information content (AvgIpc) is 2.36. The topological polar surface area (TPSA) is 113 Å². The van der Waals surface area contributed by atoms with Gasteiger partial charge in [-0.05, 0) is 13.3 Å². The Hall–Kier alpha value is -1.89.